The maximum absolute atomic E-state index is 12.3. The van der Waals surface area contributed by atoms with Gasteiger partial charge in [0.25, 0.3) is 11.8 Å². The quantitative estimate of drug-likeness (QED) is 0.835. The Bertz CT molecular complexity index is 700. The summed E-state index contributed by atoms with van der Waals surface area (Å²) in [7, 11) is 1.61. The number of phenolic OH excluding ortho intramolecular Hbond substituents is 1. The topological polar surface area (TPSA) is 73.7 Å². The molecule has 20 heavy (non-hydrogen) atoms. The average molecular weight is 269 g/mol. The van der Waals surface area contributed by atoms with Gasteiger partial charge in [-0.2, -0.15) is 5.01 Å². The minimum Gasteiger partial charge on any atom is -0.507 e. The Morgan fingerprint density at radius 1 is 1.10 bits per heavy atom. The average Bonchev–Trinajstić information content (AvgIpc) is 2.72. The summed E-state index contributed by atoms with van der Waals surface area (Å²) in [5.74, 6) is -1.19. The van der Waals surface area contributed by atoms with Crippen LogP contribution in [0.25, 0.3) is 0 Å². The molecule has 1 aromatic heterocycles. The van der Waals surface area contributed by atoms with E-state index in [1.54, 1.807) is 31.6 Å². The van der Waals surface area contributed by atoms with Crippen LogP contribution in [0.4, 0.5) is 5.69 Å². The molecule has 1 N–H and O–H groups in total. The number of phenols is 1. The van der Waals surface area contributed by atoms with E-state index >= 15 is 0 Å². The van der Waals surface area contributed by atoms with Crippen molar-refractivity contribution >= 4 is 17.5 Å². The molecule has 0 atom stereocenters. The predicted molar refractivity (Wildman–Crippen MR) is 71.2 cm³/mol. The Balaban J connectivity index is 2.04. The summed E-state index contributed by atoms with van der Waals surface area (Å²) < 4.78 is 0. The lowest BCUT2D eigenvalue weighted by molar-refractivity contribution is 0.0644. The molecule has 6 nitrogen and oxygen atoms in total. The highest BCUT2D eigenvalue weighted by atomic mass is 16.3. The summed E-state index contributed by atoms with van der Waals surface area (Å²) in [6, 6.07) is 7.82. The molecule has 2 aromatic rings. The van der Waals surface area contributed by atoms with Crippen molar-refractivity contribution < 1.29 is 14.7 Å². The molecule has 0 spiro atoms. The lowest BCUT2D eigenvalue weighted by atomic mass is 10.1. The van der Waals surface area contributed by atoms with E-state index in [0.29, 0.717) is 5.69 Å². The zero-order valence-corrected chi connectivity index (χ0v) is 10.6. The first-order valence-corrected chi connectivity index (χ1v) is 5.95. The van der Waals surface area contributed by atoms with Gasteiger partial charge in [-0.25, -0.2) is 0 Å². The lowest BCUT2D eigenvalue weighted by Crippen LogP contribution is -2.44. The van der Waals surface area contributed by atoms with Crippen molar-refractivity contribution in [1.29, 1.82) is 0 Å². The van der Waals surface area contributed by atoms with Gasteiger partial charge in [-0.1, -0.05) is 6.07 Å². The Hall–Kier alpha value is -2.89. The largest absolute Gasteiger partial charge is 0.507 e. The van der Waals surface area contributed by atoms with Crippen LogP contribution in [0.1, 0.15) is 20.7 Å². The molecule has 1 aromatic carbocycles. The molecular weight excluding hydrogens is 258 g/mol. The highest BCUT2D eigenvalue weighted by molar-refractivity contribution is 6.23. The highest BCUT2D eigenvalue weighted by Gasteiger charge is 2.40. The summed E-state index contributed by atoms with van der Waals surface area (Å²) in [5, 5.41) is 12.2. The number of benzene rings is 1. The van der Waals surface area contributed by atoms with Crippen molar-refractivity contribution in [3.05, 3.63) is 53.9 Å². The first-order valence-electron chi connectivity index (χ1n) is 5.95. The third-order valence-electron chi connectivity index (χ3n) is 3.21. The molecule has 1 aliphatic rings. The van der Waals surface area contributed by atoms with Crippen LogP contribution in [-0.4, -0.2) is 34.0 Å². The number of fused-ring (bicyclic) bond motifs is 1. The van der Waals surface area contributed by atoms with Crippen LogP contribution in [0.5, 0.6) is 5.75 Å². The van der Waals surface area contributed by atoms with Crippen LogP contribution in [0.3, 0.4) is 0 Å². The van der Waals surface area contributed by atoms with Gasteiger partial charge in [-0.3, -0.25) is 19.6 Å². The van der Waals surface area contributed by atoms with Gasteiger partial charge in [0.15, 0.2) is 0 Å². The van der Waals surface area contributed by atoms with Crippen LogP contribution in [0, 0.1) is 0 Å². The number of rotatable bonds is 2. The van der Waals surface area contributed by atoms with Gasteiger partial charge >= 0.3 is 0 Å². The fourth-order valence-electron chi connectivity index (χ4n) is 2.20. The van der Waals surface area contributed by atoms with E-state index in [9.17, 15) is 14.7 Å². The lowest BCUT2D eigenvalue weighted by Gasteiger charge is -2.27. The molecule has 1 aliphatic heterocycles. The Kier molecular flexibility index (Phi) is 2.64. The number of aromatic hydroxyl groups is 1. The van der Waals surface area contributed by atoms with E-state index in [1.165, 1.54) is 23.2 Å². The van der Waals surface area contributed by atoms with Crippen molar-refractivity contribution in [2.45, 2.75) is 0 Å². The number of hydrazine groups is 1. The van der Waals surface area contributed by atoms with Crippen molar-refractivity contribution in [1.82, 2.24) is 9.99 Å². The van der Waals surface area contributed by atoms with Crippen molar-refractivity contribution in [2.24, 2.45) is 0 Å². The van der Waals surface area contributed by atoms with Gasteiger partial charge in [-0.05, 0) is 24.3 Å². The molecule has 2 heterocycles. The van der Waals surface area contributed by atoms with Crippen LogP contribution >= 0.6 is 0 Å². The van der Waals surface area contributed by atoms with Crippen molar-refractivity contribution in [3.63, 3.8) is 0 Å². The van der Waals surface area contributed by atoms with Gasteiger partial charge in [0, 0.05) is 19.4 Å². The SMILES string of the molecule is CN(c1ccncc1)N1C(=O)c2cccc(O)c2C1=O. The van der Waals surface area contributed by atoms with E-state index in [-0.39, 0.29) is 16.9 Å². The standard InChI is InChI=1S/C14H11N3O3/c1-16(9-5-7-15-8-6-9)17-13(19)10-3-2-4-11(18)12(10)14(17)20/h2-8,18H,1H3. The summed E-state index contributed by atoms with van der Waals surface area (Å²) in [6.07, 6.45) is 3.14. The van der Waals surface area contributed by atoms with E-state index < -0.39 is 11.8 Å². The van der Waals surface area contributed by atoms with Crippen LogP contribution < -0.4 is 5.01 Å². The zero-order valence-electron chi connectivity index (χ0n) is 10.6. The Morgan fingerprint density at radius 2 is 1.80 bits per heavy atom. The van der Waals surface area contributed by atoms with Crippen LogP contribution in [0.15, 0.2) is 42.7 Å². The van der Waals surface area contributed by atoms with Gasteiger partial charge in [0.2, 0.25) is 0 Å². The fraction of sp³-hybridized carbons (Fsp3) is 0.0714. The first-order chi connectivity index (χ1) is 9.61. The zero-order chi connectivity index (χ0) is 14.3. The van der Waals surface area contributed by atoms with E-state index in [1.807, 2.05) is 0 Å². The predicted octanol–water partition coefficient (Wildman–Crippen LogP) is 1.43. The summed E-state index contributed by atoms with van der Waals surface area (Å²) in [6.45, 7) is 0. The normalized spacial score (nSPS) is 13.6. The number of imide groups is 1. The van der Waals surface area contributed by atoms with Gasteiger partial charge < -0.3 is 5.11 Å². The molecule has 100 valence electrons. The maximum Gasteiger partial charge on any atom is 0.284 e. The van der Waals surface area contributed by atoms with Crippen LogP contribution in [0.2, 0.25) is 0 Å². The first kappa shape index (κ1) is 12.2. The number of aromatic nitrogens is 1. The monoisotopic (exact) mass is 269 g/mol. The molecule has 0 unspecified atom stereocenters. The number of hydrogen-bond acceptors (Lipinski definition) is 5. The van der Waals surface area contributed by atoms with Crippen LogP contribution in [-0.2, 0) is 0 Å². The number of pyridine rings is 1. The maximum atomic E-state index is 12.3. The minimum atomic E-state index is -0.539. The van der Waals surface area contributed by atoms with E-state index in [0.717, 1.165) is 5.01 Å². The number of carbonyl (C=O) groups is 2. The summed E-state index contributed by atoms with van der Waals surface area (Å²) in [4.78, 5) is 28.5. The van der Waals surface area contributed by atoms with Gasteiger partial charge in [-0.15, -0.1) is 0 Å². The highest BCUT2D eigenvalue weighted by Crippen LogP contribution is 2.31. The van der Waals surface area contributed by atoms with E-state index in [2.05, 4.69) is 4.98 Å². The molecule has 0 saturated heterocycles. The molecule has 3 rings (SSSR count). The van der Waals surface area contributed by atoms with Gasteiger partial charge in [0.1, 0.15) is 5.75 Å². The second kappa shape index (κ2) is 4.34. The summed E-state index contributed by atoms with van der Waals surface area (Å²) in [5.41, 5.74) is 0.892. The molecular formula is C14H11N3O3. The number of amides is 2. The molecule has 0 saturated carbocycles. The molecule has 0 radical (unpaired) electrons. The van der Waals surface area contributed by atoms with Gasteiger partial charge in [0.05, 0.1) is 16.8 Å². The van der Waals surface area contributed by atoms with E-state index in [4.69, 9.17) is 0 Å². The number of nitrogens with zero attached hydrogens (tertiary/aromatic N) is 3. The second-order valence-electron chi connectivity index (χ2n) is 4.35. The molecule has 6 heteroatoms. The third kappa shape index (κ3) is 1.62. The molecule has 2 amide bonds. The fourth-order valence-corrected chi connectivity index (χ4v) is 2.20. The van der Waals surface area contributed by atoms with Crippen molar-refractivity contribution in [3.8, 4) is 5.75 Å². The number of anilines is 1. The molecule has 0 fully saturated rings. The molecule has 0 bridgehead atoms. The Morgan fingerprint density at radius 3 is 2.45 bits per heavy atom. The number of carbonyl (C=O) groups excluding carboxylic acids is 2. The third-order valence-corrected chi connectivity index (χ3v) is 3.21. The summed E-state index contributed by atoms with van der Waals surface area (Å²) >= 11 is 0. The second-order valence-corrected chi connectivity index (χ2v) is 4.35. The molecule has 0 aliphatic carbocycles. The smallest absolute Gasteiger partial charge is 0.284 e. The Labute approximate surface area is 114 Å². The van der Waals surface area contributed by atoms with Crippen molar-refractivity contribution in [2.75, 3.05) is 12.1 Å². The minimum absolute atomic E-state index is 0.0402. The number of hydrogen-bond donors (Lipinski definition) is 1.